The highest BCUT2D eigenvalue weighted by atomic mass is 79.9. The van der Waals surface area contributed by atoms with Crippen LogP contribution in [0.1, 0.15) is 12.5 Å². The lowest BCUT2D eigenvalue weighted by atomic mass is 10.2. The van der Waals surface area contributed by atoms with Gasteiger partial charge in [-0.05, 0) is 34.5 Å². The Hall–Kier alpha value is -1.34. The third-order valence-electron chi connectivity index (χ3n) is 2.93. The van der Waals surface area contributed by atoms with Crippen LogP contribution in [0.25, 0.3) is 10.2 Å². The lowest BCUT2D eigenvalue weighted by Crippen LogP contribution is -2.34. The zero-order valence-corrected chi connectivity index (χ0v) is 13.3. The number of aryl methyl sites for hydroxylation is 1. The second-order valence-electron chi connectivity index (χ2n) is 4.52. The van der Waals surface area contributed by atoms with E-state index in [0.29, 0.717) is 18.1 Å². The Labute approximate surface area is 128 Å². The molecule has 7 heteroatoms. The van der Waals surface area contributed by atoms with Crippen molar-refractivity contribution < 1.29 is 19.0 Å². The van der Waals surface area contributed by atoms with Crippen molar-refractivity contribution in [1.82, 2.24) is 4.98 Å². The van der Waals surface area contributed by atoms with Crippen molar-refractivity contribution >= 4 is 43.5 Å². The van der Waals surface area contributed by atoms with Gasteiger partial charge in [-0.25, -0.2) is 4.98 Å². The molecule has 0 radical (unpaired) electrons. The smallest absolute Gasteiger partial charge is 0.302 e. The molecular formula is C13H12BrNO4S. The van der Waals surface area contributed by atoms with E-state index >= 15 is 0 Å². The molecule has 1 unspecified atom stereocenters. The van der Waals surface area contributed by atoms with Gasteiger partial charge in [-0.1, -0.05) is 0 Å². The van der Waals surface area contributed by atoms with Crippen molar-refractivity contribution in [1.29, 1.82) is 0 Å². The average molecular weight is 358 g/mol. The fourth-order valence-corrected chi connectivity index (χ4v) is 3.59. The third-order valence-corrected chi connectivity index (χ3v) is 4.44. The molecule has 2 heterocycles. The van der Waals surface area contributed by atoms with E-state index in [1.807, 2.05) is 13.0 Å². The van der Waals surface area contributed by atoms with Crippen LogP contribution in [0, 0.1) is 6.92 Å². The summed E-state index contributed by atoms with van der Waals surface area (Å²) in [4.78, 5) is 15.3. The Kier molecular flexibility index (Phi) is 3.55. The molecule has 1 aliphatic heterocycles. The molecule has 2 aromatic rings. The number of ether oxygens (including phenoxy) is 3. The summed E-state index contributed by atoms with van der Waals surface area (Å²) in [5.74, 6) is 1.07. The molecule has 0 bridgehead atoms. The van der Waals surface area contributed by atoms with Crippen molar-refractivity contribution in [2.45, 2.75) is 20.0 Å². The second-order valence-corrected chi connectivity index (χ2v) is 6.79. The topological polar surface area (TPSA) is 57.7 Å². The van der Waals surface area contributed by atoms with Gasteiger partial charge >= 0.3 is 5.97 Å². The molecule has 106 valence electrons. The number of halogens is 1. The van der Waals surface area contributed by atoms with Crippen LogP contribution in [0.4, 0.5) is 0 Å². The molecule has 0 saturated heterocycles. The van der Waals surface area contributed by atoms with E-state index in [1.165, 1.54) is 18.3 Å². The number of benzene rings is 1. The van der Waals surface area contributed by atoms with Gasteiger partial charge in [0.2, 0.25) is 0 Å². The van der Waals surface area contributed by atoms with Gasteiger partial charge in [-0.2, -0.15) is 0 Å². The number of esters is 1. The van der Waals surface area contributed by atoms with Crippen molar-refractivity contribution in [3.8, 4) is 11.5 Å². The predicted octanol–water partition coefficient (Wildman–Crippen LogP) is 3.07. The monoisotopic (exact) mass is 357 g/mol. The Balaban J connectivity index is 1.92. The van der Waals surface area contributed by atoms with E-state index < -0.39 is 0 Å². The highest BCUT2D eigenvalue weighted by Gasteiger charge is 2.26. The molecule has 1 atom stereocenters. The molecule has 3 rings (SSSR count). The lowest BCUT2D eigenvalue weighted by Gasteiger charge is -2.26. The summed E-state index contributed by atoms with van der Waals surface area (Å²) in [6.45, 7) is 3.90. The molecule has 0 spiro atoms. The molecule has 0 aliphatic carbocycles. The van der Waals surface area contributed by atoms with Crippen molar-refractivity contribution in [2.75, 3.05) is 13.2 Å². The normalized spacial score (nSPS) is 17.2. The molecule has 20 heavy (non-hydrogen) atoms. The highest BCUT2D eigenvalue weighted by Crippen LogP contribution is 2.44. The van der Waals surface area contributed by atoms with Crippen LogP contribution in [-0.2, 0) is 9.53 Å². The molecule has 1 aromatic carbocycles. The molecule has 0 amide bonds. The van der Waals surface area contributed by atoms with Gasteiger partial charge < -0.3 is 14.2 Å². The zero-order valence-electron chi connectivity index (χ0n) is 10.9. The minimum atomic E-state index is -0.322. The molecular weight excluding hydrogens is 346 g/mol. The number of aromatic nitrogens is 1. The standard InChI is InChI=1S/C13H12BrNO4S/c1-6-3-9-11(12-10(6)15-13(14)20-12)18-5-8(19-9)4-17-7(2)16/h3,8H,4-5H2,1-2H3. The summed E-state index contributed by atoms with van der Waals surface area (Å²) in [5.41, 5.74) is 1.94. The third kappa shape index (κ3) is 2.47. The summed E-state index contributed by atoms with van der Waals surface area (Å²) >= 11 is 4.91. The minimum Gasteiger partial charge on any atom is -0.484 e. The lowest BCUT2D eigenvalue weighted by molar-refractivity contribution is -0.144. The number of carbonyl (C=O) groups excluding carboxylic acids is 1. The van der Waals surface area contributed by atoms with E-state index in [-0.39, 0.29) is 18.7 Å². The Bertz CT molecular complexity index is 685. The van der Waals surface area contributed by atoms with E-state index in [1.54, 1.807) is 0 Å². The van der Waals surface area contributed by atoms with Crippen molar-refractivity contribution in [3.05, 3.63) is 15.5 Å². The fourth-order valence-electron chi connectivity index (χ4n) is 2.06. The fraction of sp³-hybridized carbons (Fsp3) is 0.385. The number of rotatable bonds is 2. The molecule has 0 fully saturated rings. The average Bonchev–Trinajstić information content (AvgIpc) is 2.78. The quantitative estimate of drug-likeness (QED) is 0.773. The van der Waals surface area contributed by atoms with E-state index in [2.05, 4.69) is 20.9 Å². The molecule has 1 aromatic heterocycles. The summed E-state index contributed by atoms with van der Waals surface area (Å²) < 4.78 is 18.4. The summed E-state index contributed by atoms with van der Waals surface area (Å²) in [7, 11) is 0. The largest absolute Gasteiger partial charge is 0.484 e. The van der Waals surface area contributed by atoms with Crippen LogP contribution < -0.4 is 9.47 Å². The minimum absolute atomic E-state index is 0.193. The van der Waals surface area contributed by atoms with Gasteiger partial charge in [-0.15, -0.1) is 11.3 Å². The van der Waals surface area contributed by atoms with E-state index in [9.17, 15) is 4.79 Å². The van der Waals surface area contributed by atoms with Crippen LogP contribution >= 0.6 is 27.3 Å². The SMILES string of the molecule is CC(=O)OCC1COc2c(cc(C)c3nc(Br)sc23)O1. The maximum Gasteiger partial charge on any atom is 0.302 e. The van der Waals surface area contributed by atoms with Gasteiger partial charge in [0.25, 0.3) is 0 Å². The Morgan fingerprint density at radius 2 is 2.45 bits per heavy atom. The predicted molar refractivity (Wildman–Crippen MR) is 78.6 cm³/mol. The first-order valence-electron chi connectivity index (χ1n) is 6.07. The first-order valence-corrected chi connectivity index (χ1v) is 7.68. The van der Waals surface area contributed by atoms with Gasteiger partial charge in [0.05, 0.1) is 5.52 Å². The number of nitrogens with zero attached hydrogens (tertiary/aromatic N) is 1. The van der Waals surface area contributed by atoms with Crippen molar-refractivity contribution in [2.24, 2.45) is 0 Å². The van der Waals surface area contributed by atoms with E-state index in [0.717, 1.165) is 19.7 Å². The summed E-state index contributed by atoms with van der Waals surface area (Å²) in [6.07, 6.45) is -0.278. The molecule has 0 saturated carbocycles. The van der Waals surface area contributed by atoms with Crippen LogP contribution in [-0.4, -0.2) is 30.3 Å². The van der Waals surface area contributed by atoms with Gasteiger partial charge in [0.1, 0.15) is 17.9 Å². The molecule has 1 aliphatic rings. The van der Waals surface area contributed by atoms with Gasteiger partial charge in [0.15, 0.2) is 21.5 Å². The second kappa shape index (κ2) is 5.21. The first kappa shape index (κ1) is 13.6. The zero-order chi connectivity index (χ0) is 14.3. The highest BCUT2D eigenvalue weighted by molar-refractivity contribution is 9.11. The Morgan fingerprint density at radius 3 is 3.20 bits per heavy atom. The van der Waals surface area contributed by atoms with Crippen LogP contribution in [0.3, 0.4) is 0 Å². The van der Waals surface area contributed by atoms with Gasteiger partial charge in [-0.3, -0.25) is 4.79 Å². The number of fused-ring (bicyclic) bond motifs is 3. The van der Waals surface area contributed by atoms with Crippen LogP contribution in [0.2, 0.25) is 0 Å². The Morgan fingerprint density at radius 1 is 1.65 bits per heavy atom. The summed E-state index contributed by atoms with van der Waals surface area (Å²) in [6, 6.07) is 1.91. The number of hydrogen-bond acceptors (Lipinski definition) is 6. The number of carbonyl (C=O) groups is 1. The van der Waals surface area contributed by atoms with E-state index in [4.69, 9.17) is 14.2 Å². The van der Waals surface area contributed by atoms with Crippen LogP contribution in [0.5, 0.6) is 11.5 Å². The summed E-state index contributed by atoms with van der Waals surface area (Å²) in [5, 5.41) is 0. The molecule has 0 N–H and O–H groups in total. The first-order chi connectivity index (χ1) is 9.54. The van der Waals surface area contributed by atoms with Gasteiger partial charge in [0, 0.05) is 6.92 Å². The van der Waals surface area contributed by atoms with Crippen molar-refractivity contribution in [3.63, 3.8) is 0 Å². The maximum absolute atomic E-state index is 10.8. The molecule has 5 nitrogen and oxygen atoms in total. The number of thiazole rings is 1. The van der Waals surface area contributed by atoms with Crippen LogP contribution in [0.15, 0.2) is 9.98 Å². The maximum atomic E-state index is 10.8. The number of hydrogen-bond donors (Lipinski definition) is 0.